The summed E-state index contributed by atoms with van der Waals surface area (Å²) in [6.45, 7) is 4.06. The highest BCUT2D eigenvalue weighted by atomic mass is 16.5. The summed E-state index contributed by atoms with van der Waals surface area (Å²) in [4.78, 5) is 11.9. The molecule has 1 fully saturated rings. The van der Waals surface area contributed by atoms with Gasteiger partial charge in [-0.25, -0.2) is 4.68 Å². The third kappa shape index (κ3) is 1.92. The van der Waals surface area contributed by atoms with E-state index in [0.29, 0.717) is 0 Å². The Hall–Kier alpha value is -2.10. The van der Waals surface area contributed by atoms with Gasteiger partial charge in [0.05, 0.1) is 18.5 Å². The number of ether oxygens (including phenoxy) is 1. The van der Waals surface area contributed by atoms with Crippen molar-refractivity contribution in [3.8, 4) is 5.69 Å². The van der Waals surface area contributed by atoms with Crippen LogP contribution in [-0.2, 0) is 14.9 Å². The average Bonchev–Trinajstić information content (AvgIpc) is 3.17. The molecule has 0 radical (unpaired) electrons. The lowest BCUT2D eigenvalue weighted by molar-refractivity contribution is -0.143. The Morgan fingerprint density at radius 1 is 1.25 bits per heavy atom. The van der Waals surface area contributed by atoms with Crippen LogP contribution in [0.4, 0.5) is 0 Å². The molecule has 1 aromatic carbocycles. The number of carbonyl (C=O) groups is 1. The summed E-state index contributed by atoms with van der Waals surface area (Å²) in [5.74, 6) is -0.175. The minimum Gasteiger partial charge on any atom is -0.468 e. The molecule has 1 aromatic heterocycles. The Morgan fingerprint density at radius 2 is 1.90 bits per heavy atom. The van der Waals surface area contributed by atoms with Crippen LogP contribution in [0.3, 0.4) is 0 Å². The first kappa shape index (κ1) is 12.9. The van der Waals surface area contributed by atoms with Crippen LogP contribution in [0, 0.1) is 13.8 Å². The fraction of sp³-hybridized carbons (Fsp3) is 0.375. The van der Waals surface area contributed by atoms with Crippen molar-refractivity contribution in [1.29, 1.82) is 0 Å². The molecule has 0 atom stereocenters. The molecule has 3 rings (SSSR count). The summed E-state index contributed by atoms with van der Waals surface area (Å²) in [7, 11) is 1.44. The van der Waals surface area contributed by atoms with Gasteiger partial charge in [0.1, 0.15) is 5.41 Å². The topological polar surface area (TPSA) is 44.1 Å². The van der Waals surface area contributed by atoms with Crippen LogP contribution in [-0.4, -0.2) is 22.9 Å². The molecular formula is C16H18N2O2. The maximum atomic E-state index is 11.9. The normalized spacial score (nSPS) is 15.9. The van der Waals surface area contributed by atoms with Crippen molar-refractivity contribution in [2.24, 2.45) is 0 Å². The van der Waals surface area contributed by atoms with Crippen LogP contribution in [0.5, 0.6) is 0 Å². The van der Waals surface area contributed by atoms with E-state index in [1.54, 1.807) is 0 Å². The number of esters is 1. The molecule has 1 aliphatic carbocycles. The minimum atomic E-state index is -0.505. The van der Waals surface area contributed by atoms with Crippen molar-refractivity contribution < 1.29 is 9.53 Å². The van der Waals surface area contributed by atoms with Crippen LogP contribution in [0.2, 0.25) is 0 Å². The Balaban J connectivity index is 2.00. The maximum Gasteiger partial charge on any atom is 0.317 e. The van der Waals surface area contributed by atoms with E-state index in [9.17, 15) is 4.79 Å². The van der Waals surface area contributed by atoms with Gasteiger partial charge in [0.2, 0.25) is 0 Å². The molecular weight excluding hydrogens is 252 g/mol. The molecule has 2 aromatic rings. The first-order valence-electron chi connectivity index (χ1n) is 6.79. The third-order valence-corrected chi connectivity index (χ3v) is 3.98. The number of carbonyl (C=O) groups excluding carboxylic acids is 1. The smallest absolute Gasteiger partial charge is 0.317 e. The highest BCUT2D eigenvalue weighted by molar-refractivity contribution is 5.85. The molecule has 0 saturated heterocycles. The fourth-order valence-corrected chi connectivity index (χ4v) is 2.54. The van der Waals surface area contributed by atoms with E-state index in [4.69, 9.17) is 4.74 Å². The van der Waals surface area contributed by atoms with Gasteiger partial charge in [-0.3, -0.25) is 4.79 Å². The molecule has 4 nitrogen and oxygen atoms in total. The third-order valence-electron chi connectivity index (χ3n) is 3.98. The lowest BCUT2D eigenvalue weighted by atomic mass is 10.0. The molecule has 0 unspecified atom stereocenters. The molecule has 0 N–H and O–H groups in total. The lowest BCUT2D eigenvalue weighted by Crippen LogP contribution is -2.22. The monoisotopic (exact) mass is 270 g/mol. The molecule has 1 aliphatic rings. The summed E-state index contributed by atoms with van der Waals surface area (Å²) in [6, 6.07) is 10.2. The van der Waals surface area contributed by atoms with Crippen LogP contribution < -0.4 is 0 Å². The number of aromatic nitrogens is 2. The fourth-order valence-electron chi connectivity index (χ4n) is 2.54. The largest absolute Gasteiger partial charge is 0.468 e. The van der Waals surface area contributed by atoms with Gasteiger partial charge >= 0.3 is 5.97 Å². The number of nitrogens with zero attached hydrogens (tertiary/aromatic N) is 2. The number of rotatable bonds is 3. The molecule has 104 valence electrons. The van der Waals surface area contributed by atoms with Crippen molar-refractivity contribution in [1.82, 2.24) is 9.78 Å². The van der Waals surface area contributed by atoms with E-state index in [0.717, 1.165) is 29.9 Å². The molecule has 0 spiro atoms. The van der Waals surface area contributed by atoms with Crippen LogP contribution in [0.15, 0.2) is 30.3 Å². The van der Waals surface area contributed by atoms with E-state index in [-0.39, 0.29) is 5.97 Å². The van der Waals surface area contributed by atoms with Crippen LogP contribution in [0.25, 0.3) is 5.69 Å². The Bertz CT molecular complexity index is 652. The Kier molecular flexibility index (Phi) is 2.89. The van der Waals surface area contributed by atoms with Gasteiger partial charge in [0.15, 0.2) is 0 Å². The summed E-state index contributed by atoms with van der Waals surface area (Å²) >= 11 is 0. The predicted octanol–water partition coefficient (Wildman–Crippen LogP) is 2.69. The van der Waals surface area contributed by atoms with Crippen molar-refractivity contribution in [2.45, 2.75) is 32.1 Å². The first-order valence-corrected chi connectivity index (χ1v) is 6.79. The summed E-state index contributed by atoms with van der Waals surface area (Å²) in [5.41, 5.74) is 3.57. The molecule has 0 aliphatic heterocycles. The van der Waals surface area contributed by atoms with Gasteiger partial charge < -0.3 is 4.74 Å². The van der Waals surface area contributed by atoms with E-state index < -0.39 is 5.41 Å². The summed E-state index contributed by atoms with van der Waals surface area (Å²) in [5, 5.41) is 4.63. The average molecular weight is 270 g/mol. The first-order chi connectivity index (χ1) is 9.56. The van der Waals surface area contributed by atoms with E-state index in [1.807, 2.05) is 29.8 Å². The van der Waals surface area contributed by atoms with E-state index in [1.165, 1.54) is 12.7 Å². The standard InChI is InChI=1S/C16H18N2O2/c1-11-4-6-13(7-5-11)18-12(2)10-14(17-18)16(8-9-16)15(19)20-3/h4-7,10H,8-9H2,1-3H3. The van der Waals surface area contributed by atoms with Gasteiger partial charge in [-0.2, -0.15) is 5.10 Å². The Labute approximate surface area is 118 Å². The van der Waals surface area contributed by atoms with Crippen molar-refractivity contribution in [2.75, 3.05) is 7.11 Å². The molecule has 0 amide bonds. The second kappa shape index (κ2) is 4.47. The second-order valence-corrected chi connectivity index (χ2v) is 5.49. The van der Waals surface area contributed by atoms with Crippen molar-refractivity contribution in [3.05, 3.63) is 47.3 Å². The van der Waals surface area contributed by atoms with Crippen LogP contribution >= 0.6 is 0 Å². The SMILES string of the molecule is COC(=O)C1(c2cc(C)n(-c3ccc(C)cc3)n2)CC1. The molecule has 20 heavy (non-hydrogen) atoms. The van der Waals surface area contributed by atoms with Crippen molar-refractivity contribution >= 4 is 5.97 Å². The zero-order valence-electron chi connectivity index (χ0n) is 12.0. The summed E-state index contributed by atoms with van der Waals surface area (Å²) in [6.07, 6.45) is 1.65. The van der Waals surface area contributed by atoms with Gasteiger partial charge in [-0.05, 0) is 44.9 Å². The zero-order chi connectivity index (χ0) is 14.3. The molecule has 1 heterocycles. The second-order valence-electron chi connectivity index (χ2n) is 5.49. The van der Waals surface area contributed by atoms with E-state index in [2.05, 4.69) is 24.2 Å². The predicted molar refractivity (Wildman–Crippen MR) is 76.0 cm³/mol. The van der Waals surface area contributed by atoms with Gasteiger partial charge in [-0.1, -0.05) is 17.7 Å². The number of aryl methyl sites for hydroxylation is 2. The van der Waals surface area contributed by atoms with Gasteiger partial charge in [0, 0.05) is 5.69 Å². The highest BCUT2D eigenvalue weighted by Crippen LogP contribution is 2.48. The molecule has 0 bridgehead atoms. The van der Waals surface area contributed by atoms with Gasteiger partial charge in [0.25, 0.3) is 0 Å². The number of hydrogen-bond acceptors (Lipinski definition) is 3. The summed E-state index contributed by atoms with van der Waals surface area (Å²) < 4.78 is 6.80. The van der Waals surface area contributed by atoms with Crippen molar-refractivity contribution in [3.63, 3.8) is 0 Å². The zero-order valence-corrected chi connectivity index (χ0v) is 12.0. The number of benzene rings is 1. The molecule has 1 saturated carbocycles. The minimum absolute atomic E-state index is 0.175. The highest BCUT2D eigenvalue weighted by Gasteiger charge is 2.54. The number of methoxy groups -OCH3 is 1. The van der Waals surface area contributed by atoms with Crippen LogP contribution in [0.1, 0.15) is 29.8 Å². The molecule has 4 heteroatoms. The van der Waals surface area contributed by atoms with Gasteiger partial charge in [-0.15, -0.1) is 0 Å². The van der Waals surface area contributed by atoms with E-state index >= 15 is 0 Å². The number of hydrogen-bond donors (Lipinski definition) is 0. The maximum absolute atomic E-state index is 11.9. The Morgan fingerprint density at radius 3 is 2.45 bits per heavy atom. The lowest BCUT2D eigenvalue weighted by Gasteiger charge is -2.09. The quantitative estimate of drug-likeness (QED) is 0.805.